The fraction of sp³-hybridized carbons (Fsp3) is 0.467. The predicted octanol–water partition coefficient (Wildman–Crippen LogP) is 2.65. The molecule has 2 aliphatic rings. The molecule has 94 valence electrons. The number of carbonyl (C=O) groups excluding carboxylic acids is 2. The van der Waals surface area contributed by atoms with Gasteiger partial charge < -0.3 is 4.90 Å². The van der Waals surface area contributed by atoms with E-state index in [-0.39, 0.29) is 17.6 Å². The molecule has 2 unspecified atom stereocenters. The van der Waals surface area contributed by atoms with E-state index >= 15 is 0 Å². The van der Waals surface area contributed by atoms with Crippen LogP contribution < -0.4 is 4.90 Å². The van der Waals surface area contributed by atoms with Gasteiger partial charge in [0.1, 0.15) is 0 Å². The van der Waals surface area contributed by atoms with Gasteiger partial charge in [-0.1, -0.05) is 19.1 Å². The zero-order valence-corrected chi connectivity index (χ0v) is 10.6. The van der Waals surface area contributed by atoms with Gasteiger partial charge >= 0.3 is 0 Å². The fourth-order valence-corrected chi connectivity index (χ4v) is 2.69. The van der Waals surface area contributed by atoms with Crippen molar-refractivity contribution in [1.29, 1.82) is 0 Å². The number of fused-ring (bicyclic) bond motifs is 1. The number of para-hydroxylation sites is 1. The van der Waals surface area contributed by atoms with E-state index in [4.69, 9.17) is 0 Å². The minimum absolute atomic E-state index is 0.157. The maximum atomic E-state index is 12.4. The first-order valence-corrected chi connectivity index (χ1v) is 6.62. The Labute approximate surface area is 107 Å². The molecule has 0 N–H and O–H groups in total. The molecule has 1 fully saturated rings. The van der Waals surface area contributed by atoms with E-state index in [1.807, 2.05) is 29.2 Å². The van der Waals surface area contributed by atoms with Crippen LogP contribution in [0.2, 0.25) is 0 Å². The lowest BCUT2D eigenvalue weighted by atomic mass is 10.1. The van der Waals surface area contributed by atoms with Gasteiger partial charge in [0.2, 0.25) is 5.91 Å². The average Bonchev–Trinajstić information content (AvgIpc) is 3.12. The summed E-state index contributed by atoms with van der Waals surface area (Å²) in [6, 6.07) is 7.49. The average molecular weight is 243 g/mol. The molecule has 2 atom stereocenters. The van der Waals surface area contributed by atoms with E-state index in [0.717, 1.165) is 18.5 Å². The molecule has 0 spiro atoms. The lowest BCUT2D eigenvalue weighted by Gasteiger charge is -2.22. The second kappa shape index (κ2) is 4.23. The molecule has 3 nitrogen and oxygen atoms in total. The number of carbonyl (C=O) groups is 2. The first-order chi connectivity index (χ1) is 8.68. The summed E-state index contributed by atoms with van der Waals surface area (Å²) in [7, 11) is 0. The summed E-state index contributed by atoms with van der Waals surface area (Å²) in [6.07, 6.45) is 2.30. The number of Topliss-reactive ketones (excluding diaryl/α,β-unsaturated/α-hetero) is 1. The van der Waals surface area contributed by atoms with Gasteiger partial charge in [-0.3, -0.25) is 9.59 Å². The monoisotopic (exact) mass is 243 g/mol. The zero-order valence-electron chi connectivity index (χ0n) is 10.6. The van der Waals surface area contributed by atoms with E-state index in [9.17, 15) is 9.59 Å². The summed E-state index contributed by atoms with van der Waals surface area (Å²) < 4.78 is 0. The Kier molecular flexibility index (Phi) is 2.69. The van der Waals surface area contributed by atoms with Gasteiger partial charge in [0.15, 0.2) is 5.78 Å². The number of rotatable bonds is 1. The second-order valence-electron chi connectivity index (χ2n) is 5.35. The van der Waals surface area contributed by atoms with Crippen LogP contribution >= 0.6 is 0 Å². The van der Waals surface area contributed by atoms with E-state index in [2.05, 4.69) is 6.92 Å². The van der Waals surface area contributed by atoms with Crippen LogP contribution in [-0.2, 0) is 4.79 Å². The molecule has 1 aromatic carbocycles. The van der Waals surface area contributed by atoms with Crippen LogP contribution in [-0.4, -0.2) is 18.2 Å². The number of hydrogen-bond acceptors (Lipinski definition) is 2. The Balaban J connectivity index is 1.97. The smallest absolute Gasteiger partial charge is 0.230 e. The Morgan fingerprint density at radius 3 is 2.78 bits per heavy atom. The lowest BCUT2D eigenvalue weighted by Crippen LogP contribution is -2.33. The third kappa shape index (κ3) is 1.84. The van der Waals surface area contributed by atoms with Crippen molar-refractivity contribution in [3.63, 3.8) is 0 Å². The molecule has 0 radical (unpaired) electrons. The fourth-order valence-electron chi connectivity index (χ4n) is 2.69. The number of nitrogens with zero attached hydrogens (tertiary/aromatic N) is 1. The van der Waals surface area contributed by atoms with Gasteiger partial charge in [-0.2, -0.15) is 0 Å². The largest absolute Gasteiger partial charge is 0.311 e. The summed E-state index contributed by atoms with van der Waals surface area (Å²) >= 11 is 0. The van der Waals surface area contributed by atoms with Crippen molar-refractivity contribution in [1.82, 2.24) is 0 Å². The molecular weight excluding hydrogens is 226 g/mol. The van der Waals surface area contributed by atoms with Crippen molar-refractivity contribution in [2.45, 2.75) is 26.2 Å². The van der Waals surface area contributed by atoms with Crippen molar-refractivity contribution in [3.8, 4) is 0 Å². The Morgan fingerprint density at radius 1 is 1.33 bits per heavy atom. The van der Waals surface area contributed by atoms with Crippen molar-refractivity contribution < 1.29 is 9.59 Å². The third-order valence-corrected chi connectivity index (χ3v) is 3.97. The van der Waals surface area contributed by atoms with Crippen LogP contribution in [0.15, 0.2) is 24.3 Å². The highest BCUT2D eigenvalue weighted by Gasteiger charge is 2.42. The SMILES string of the molecule is CC1CC1C(=O)N1CCCC(=O)c2ccccc21. The van der Waals surface area contributed by atoms with Crippen molar-refractivity contribution >= 4 is 17.4 Å². The second-order valence-corrected chi connectivity index (χ2v) is 5.35. The molecule has 0 saturated heterocycles. The van der Waals surface area contributed by atoms with Crippen LogP contribution in [0.5, 0.6) is 0 Å². The maximum Gasteiger partial charge on any atom is 0.230 e. The number of ketones is 1. The van der Waals surface area contributed by atoms with Crippen LogP contribution in [0, 0.1) is 11.8 Å². The highest BCUT2D eigenvalue weighted by atomic mass is 16.2. The molecule has 0 bridgehead atoms. The number of benzene rings is 1. The quantitative estimate of drug-likeness (QED) is 0.760. The standard InChI is InChI=1S/C15H17NO2/c1-10-9-12(10)15(18)16-8-4-7-14(17)11-5-2-3-6-13(11)16/h2-3,5-6,10,12H,4,7-9H2,1H3. The minimum atomic E-state index is 0.157. The first-order valence-electron chi connectivity index (χ1n) is 6.62. The summed E-state index contributed by atoms with van der Waals surface area (Å²) in [5.41, 5.74) is 1.51. The van der Waals surface area contributed by atoms with Crippen molar-refractivity contribution in [2.24, 2.45) is 11.8 Å². The van der Waals surface area contributed by atoms with Crippen LogP contribution in [0.25, 0.3) is 0 Å². The van der Waals surface area contributed by atoms with E-state index in [1.54, 1.807) is 0 Å². The highest BCUT2D eigenvalue weighted by molar-refractivity contribution is 6.07. The van der Waals surface area contributed by atoms with E-state index in [0.29, 0.717) is 24.4 Å². The van der Waals surface area contributed by atoms with E-state index in [1.165, 1.54) is 0 Å². The van der Waals surface area contributed by atoms with Gasteiger partial charge in [-0.15, -0.1) is 0 Å². The molecule has 1 amide bonds. The minimum Gasteiger partial charge on any atom is -0.311 e. The number of amides is 1. The summed E-state index contributed by atoms with van der Waals surface area (Å²) in [6.45, 7) is 2.78. The Hall–Kier alpha value is -1.64. The Morgan fingerprint density at radius 2 is 2.06 bits per heavy atom. The maximum absolute atomic E-state index is 12.4. The number of anilines is 1. The molecule has 18 heavy (non-hydrogen) atoms. The van der Waals surface area contributed by atoms with Crippen LogP contribution in [0.3, 0.4) is 0 Å². The molecule has 1 heterocycles. The zero-order chi connectivity index (χ0) is 12.7. The molecule has 1 aliphatic heterocycles. The third-order valence-electron chi connectivity index (χ3n) is 3.97. The molecule has 3 heteroatoms. The van der Waals surface area contributed by atoms with Gasteiger partial charge in [0.25, 0.3) is 0 Å². The van der Waals surface area contributed by atoms with Crippen LogP contribution in [0.4, 0.5) is 5.69 Å². The van der Waals surface area contributed by atoms with Gasteiger partial charge in [0, 0.05) is 24.4 Å². The summed E-state index contributed by atoms with van der Waals surface area (Å²) in [5, 5.41) is 0. The summed E-state index contributed by atoms with van der Waals surface area (Å²) in [4.78, 5) is 26.2. The van der Waals surface area contributed by atoms with Gasteiger partial charge in [0.05, 0.1) is 5.69 Å². The molecule has 3 rings (SSSR count). The lowest BCUT2D eigenvalue weighted by molar-refractivity contribution is -0.120. The molecule has 1 aromatic rings. The molecule has 1 saturated carbocycles. The van der Waals surface area contributed by atoms with Crippen LogP contribution in [0.1, 0.15) is 36.5 Å². The van der Waals surface area contributed by atoms with E-state index < -0.39 is 0 Å². The van der Waals surface area contributed by atoms with Crippen molar-refractivity contribution in [3.05, 3.63) is 29.8 Å². The Bertz CT molecular complexity index is 509. The topological polar surface area (TPSA) is 37.4 Å². The van der Waals surface area contributed by atoms with Gasteiger partial charge in [-0.05, 0) is 30.9 Å². The molecule has 0 aromatic heterocycles. The number of hydrogen-bond donors (Lipinski definition) is 0. The first kappa shape index (κ1) is 11.5. The van der Waals surface area contributed by atoms with Gasteiger partial charge in [-0.25, -0.2) is 0 Å². The summed E-state index contributed by atoms with van der Waals surface area (Å²) in [5.74, 6) is 1.03. The molecular formula is C15H17NO2. The predicted molar refractivity (Wildman–Crippen MR) is 69.6 cm³/mol. The molecule has 1 aliphatic carbocycles. The normalized spacial score (nSPS) is 26.5. The highest BCUT2D eigenvalue weighted by Crippen LogP contribution is 2.41. The van der Waals surface area contributed by atoms with Crippen molar-refractivity contribution in [2.75, 3.05) is 11.4 Å².